The zero-order chi connectivity index (χ0) is 22.2. The third kappa shape index (κ3) is 5.67. The molecule has 3 rings (SSSR count). The molecule has 9 heteroatoms. The lowest BCUT2D eigenvalue weighted by Crippen LogP contribution is -2.27. The van der Waals surface area contributed by atoms with Crippen molar-refractivity contribution in [1.29, 1.82) is 0 Å². The fourth-order valence-corrected chi connectivity index (χ4v) is 3.32. The molecule has 0 aliphatic rings. The van der Waals surface area contributed by atoms with Crippen molar-refractivity contribution in [1.82, 2.24) is 4.98 Å². The van der Waals surface area contributed by atoms with Gasteiger partial charge in [-0.05, 0) is 17.5 Å². The molecule has 8 nitrogen and oxygen atoms in total. The van der Waals surface area contributed by atoms with Crippen LogP contribution < -0.4 is 5.73 Å². The van der Waals surface area contributed by atoms with Crippen molar-refractivity contribution in [3.05, 3.63) is 82.9 Å². The number of nitrogens with two attached hydrogens (primary N) is 1. The first-order valence-corrected chi connectivity index (χ1v) is 10.4. The lowest BCUT2D eigenvalue weighted by atomic mass is 10.0. The predicted octanol–water partition coefficient (Wildman–Crippen LogP) is 3.64. The highest BCUT2D eigenvalue weighted by atomic mass is 32.1. The Morgan fingerprint density at radius 2 is 1.68 bits per heavy atom. The van der Waals surface area contributed by atoms with Crippen molar-refractivity contribution < 1.29 is 24.3 Å². The summed E-state index contributed by atoms with van der Waals surface area (Å²) in [5, 5.41) is 14.7. The molecule has 1 atom stereocenters. The Morgan fingerprint density at radius 1 is 1.10 bits per heavy atom. The third-order valence-corrected chi connectivity index (χ3v) is 4.98. The van der Waals surface area contributed by atoms with Gasteiger partial charge in [-0.25, -0.2) is 14.6 Å². The van der Waals surface area contributed by atoms with Crippen LogP contribution in [-0.2, 0) is 19.2 Å². The van der Waals surface area contributed by atoms with Gasteiger partial charge in [-0.3, -0.25) is 0 Å². The molecule has 160 valence electrons. The monoisotopic (exact) mass is 439 g/mol. The van der Waals surface area contributed by atoms with E-state index >= 15 is 0 Å². The SMILES string of the molecule is CCC(O/N=C(/C(=O)O)c1csc(N)n1)C(=O)OC(c1ccccc1)c1ccccc1. The normalized spacial score (nSPS) is 12.4. The maximum Gasteiger partial charge on any atom is 0.360 e. The summed E-state index contributed by atoms with van der Waals surface area (Å²) in [5.74, 6) is -2.01. The van der Waals surface area contributed by atoms with Crippen molar-refractivity contribution in [2.75, 3.05) is 5.73 Å². The number of carboxylic acid groups (broad SMARTS) is 1. The first-order valence-electron chi connectivity index (χ1n) is 9.48. The van der Waals surface area contributed by atoms with Gasteiger partial charge in [0, 0.05) is 5.38 Å². The summed E-state index contributed by atoms with van der Waals surface area (Å²) in [7, 11) is 0. The fraction of sp³-hybridized carbons (Fsp3) is 0.182. The minimum Gasteiger partial charge on any atom is -0.476 e. The van der Waals surface area contributed by atoms with E-state index in [-0.39, 0.29) is 17.2 Å². The van der Waals surface area contributed by atoms with Gasteiger partial charge in [0.1, 0.15) is 5.69 Å². The van der Waals surface area contributed by atoms with E-state index in [0.29, 0.717) is 0 Å². The van der Waals surface area contributed by atoms with E-state index < -0.39 is 29.9 Å². The first-order chi connectivity index (χ1) is 15.0. The Morgan fingerprint density at radius 3 is 2.13 bits per heavy atom. The van der Waals surface area contributed by atoms with Crippen LogP contribution in [0.5, 0.6) is 0 Å². The second-order valence-corrected chi connectivity index (χ2v) is 7.35. The lowest BCUT2D eigenvalue weighted by molar-refractivity contribution is -0.161. The maximum absolute atomic E-state index is 12.9. The number of thiazole rings is 1. The number of carboxylic acids is 1. The fourth-order valence-electron chi connectivity index (χ4n) is 2.77. The Balaban J connectivity index is 1.80. The zero-order valence-electron chi connectivity index (χ0n) is 16.7. The molecule has 0 saturated heterocycles. The number of nitrogen functional groups attached to an aromatic ring is 1. The molecule has 2 aromatic carbocycles. The van der Waals surface area contributed by atoms with Gasteiger partial charge in [-0.1, -0.05) is 72.7 Å². The van der Waals surface area contributed by atoms with Crippen LogP contribution in [-0.4, -0.2) is 33.8 Å². The summed E-state index contributed by atoms with van der Waals surface area (Å²) in [5.41, 5.74) is 6.77. The minimum atomic E-state index is -1.35. The van der Waals surface area contributed by atoms with Crippen LogP contribution in [0.3, 0.4) is 0 Å². The maximum atomic E-state index is 12.9. The molecule has 0 saturated carbocycles. The Bertz CT molecular complexity index is 1010. The molecule has 0 aliphatic carbocycles. The third-order valence-electron chi connectivity index (χ3n) is 4.31. The van der Waals surface area contributed by atoms with Gasteiger partial charge in [-0.15, -0.1) is 11.3 Å². The number of oxime groups is 1. The van der Waals surface area contributed by atoms with Crippen molar-refractivity contribution in [3.8, 4) is 0 Å². The Labute approximate surface area is 182 Å². The number of aromatic nitrogens is 1. The van der Waals surface area contributed by atoms with Crippen molar-refractivity contribution in [2.45, 2.75) is 25.6 Å². The summed E-state index contributed by atoms with van der Waals surface area (Å²) in [6.45, 7) is 1.71. The summed E-state index contributed by atoms with van der Waals surface area (Å²) in [4.78, 5) is 33.5. The molecule has 3 N–H and O–H groups in total. The van der Waals surface area contributed by atoms with Gasteiger partial charge in [0.15, 0.2) is 11.2 Å². The van der Waals surface area contributed by atoms with Crippen LogP contribution >= 0.6 is 11.3 Å². The van der Waals surface area contributed by atoms with E-state index in [1.54, 1.807) is 6.92 Å². The smallest absolute Gasteiger partial charge is 0.360 e. The van der Waals surface area contributed by atoms with Gasteiger partial charge in [0.2, 0.25) is 11.8 Å². The molecular weight excluding hydrogens is 418 g/mol. The lowest BCUT2D eigenvalue weighted by Gasteiger charge is -2.21. The standard InChI is InChI=1S/C22H21N3O5S/c1-2-17(30-25-18(20(26)27)16-13-31-22(23)24-16)21(28)29-19(14-9-5-3-6-10-14)15-11-7-4-8-12-15/h3-13,17,19H,2H2,1H3,(H2,23,24)(H,26,27)/b25-18+. The van der Waals surface area contributed by atoms with Crippen LogP contribution in [0.25, 0.3) is 0 Å². The van der Waals surface area contributed by atoms with E-state index in [4.69, 9.17) is 15.3 Å². The molecule has 0 bridgehead atoms. The number of anilines is 1. The van der Waals surface area contributed by atoms with Crippen LogP contribution in [0, 0.1) is 0 Å². The molecule has 0 aliphatic heterocycles. The molecule has 0 spiro atoms. The Kier molecular flexibility index (Phi) is 7.34. The van der Waals surface area contributed by atoms with E-state index in [9.17, 15) is 14.7 Å². The van der Waals surface area contributed by atoms with Crippen molar-refractivity contribution in [2.24, 2.45) is 5.16 Å². The molecule has 1 unspecified atom stereocenters. The number of hydrogen-bond donors (Lipinski definition) is 2. The number of carbonyl (C=O) groups is 2. The summed E-state index contributed by atoms with van der Waals surface area (Å²) >= 11 is 1.08. The minimum absolute atomic E-state index is 0.0599. The summed E-state index contributed by atoms with van der Waals surface area (Å²) < 4.78 is 5.76. The molecule has 31 heavy (non-hydrogen) atoms. The number of nitrogens with zero attached hydrogens (tertiary/aromatic N) is 2. The van der Waals surface area contributed by atoms with E-state index in [1.165, 1.54) is 5.38 Å². The summed E-state index contributed by atoms with van der Waals surface area (Å²) in [6, 6.07) is 18.6. The van der Waals surface area contributed by atoms with Crippen LogP contribution in [0.4, 0.5) is 5.13 Å². The van der Waals surface area contributed by atoms with Gasteiger partial charge in [0.25, 0.3) is 0 Å². The topological polar surface area (TPSA) is 124 Å². The largest absolute Gasteiger partial charge is 0.476 e. The van der Waals surface area contributed by atoms with E-state index in [1.807, 2.05) is 60.7 Å². The van der Waals surface area contributed by atoms with Crippen LogP contribution in [0.15, 0.2) is 71.2 Å². The first kappa shape index (κ1) is 22.0. The molecule has 0 radical (unpaired) electrons. The second-order valence-electron chi connectivity index (χ2n) is 6.46. The Hall–Kier alpha value is -3.72. The number of esters is 1. The highest BCUT2D eigenvalue weighted by Crippen LogP contribution is 2.27. The number of ether oxygens (including phenoxy) is 1. The highest BCUT2D eigenvalue weighted by molar-refractivity contribution is 7.13. The average Bonchev–Trinajstić information content (AvgIpc) is 3.21. The highest BCUT2D eigenvalue weighted by Gasteiger charge is 2.27. The summed E-state index contributed by atoms with van der Waals surface area (Å²) in [6.07, 6.45) is -1.51. The molecule has 0 fully saturated rings. The van der Waals surface area contributed by atoms with Crippen LogP contribution in [0.1, 0.15) is 36.3 Å². The van der Waals surface area contributed by atoms with Gasteiger partial charge in [-0.2, -0.15) is 0 Å². The quantitative estimate of drug-likeness (QED) is 0.296. The second kappa shape index (κ2) is 10.4. The number of benzene rings is 2. The van der Waals surface area contributed by atoms with Gasteiger partial charge >= 0.3 is 11.9 Å². The molecule has 1 aromatic heterocycles. The average molecular weight is 439 g/mol. The van der Waals surface area contributed by atoms with Gasteiger partial charge in [0.05, 0.1) is 0 Å². The number of rotatable bonds is 9. The predicted molar refractivity (Wildman–Crippen MR) is 117 cm³/mol. The van der Waals surface area contributed by atoms with Crippen LogP contribution in [0.2, 0.25) is 0 Å². The molecular formula is C22H21N3O5S. The van der Waals surface area contributed by atoms with Gasteiger partial charge < -0.3 is 20.4 Å². The van der Waals surface area contributed by atoms with E-state index in [2.05, 4.69) is 10.1 Å². The number of hydrogen-bond acceptors (Lipinski definition) is 8. The molecule has 0 amide bonds. The number of carbonyl (C=O) groups excluding carboxylic acids is 1. The molecule has 3 aromatic rings. The van der Waals surface area contributed by atoms with Crippen molar-refractivity contribution in [3.63, 3.8) is 0 Å². The molecule has 1 heterocycles. The van der Waals surface area contributed by atoms with Crippen molar-refractivity contribution >= 4 is 34.1 Å². The van der Waals surface area contributed by atoms with E-state index in [0.717, 1.165) is 22.5 Å². The number of aliphatic carboxylic acids is 1. The zero-order valence-corrected chi connectivity index (χ0v) is 17.5.